The third-order valence-electron chi connectivity index (χ3n) is 2.05. The topological polar surface area (TPSA) is 35.5 Å². The molecule has 0 aromatic heterocycles. The Bertz CT molecular complexity index is 418. The number of methoxy groups -OCH3 is 2. The fourth-order valence-electron chi connectivity index (χ4n) is 1.25. The number of rotatable bonds is 4. The van der Waals surface area contributed by atoms with Crippen LogP contribution in [-0.4, -0.2) is 20.2 Å². The normalized spacial score (nSPS) is 10.6. The molecule has 0 fully saturated rings. The van der Waals surface area contributed by atoms with E-state index in [0.29, 0.717) is 5.56 Å². The van der Waals surface area contributed by atoms with E-state index in [2.05, 4.69) is 9.47 Å². The minimum atomic E-state index is -0.787. The van der Waals surface area contributed by atoms with Gasteiger partial charge in [0, 0.05) is 0 Å². The molecule has 0 saturated heterocycles. The third kappa shape index (κ3) is 3.55. The summed E-state index contributed by atoms with van der Waals surface area (Å²) in [6, 6.07) is 2.24. The summed E-state index contributed by atoms with van der Waals surface area (Å²) in [5.41, 5.74) is 0.310. The van der Waals surface area contributed by atoms with Crippen LogP contribution in [0, 0.1) is 11.6 Å². The van der Waals surface area contributed by atoms with Crippen LogP contribution in [0.15, 0.2) is 18.2 Å². The van der Waals surface area contributed by atoms with Crippen LogP contribution in [0.1, 0.15) is 12.0 Å². The number of ether oxygens (including phenoxy) is 2. The van der Waals surface area contributed by atoms with Gasteiger partial charge in [-0.2, -0.15) is 0 Å². The zero-order valence-electron chi connectivity index (χ0n) is 9.50. The molecule has 92 valence electrons. The lowest BCUT2D eigenvalue weighted by Crippen LogP contribution is -1.97. The minimum absolute atomic E-state index is 0.0474. The van der Waals surface area contributed by atoms with Crippen molar-refractivity contribution in [3.05, 3.63) is 35.4 Å². The zero-order chi connectivity index (χ0) is 12.8. The van der Waals surface area contributed by atoms with Gasteiger partial charge in [-0.05, 0) is 17.7 Å². The number of esters is 1. The highest BCUT2D eigenvalue weighted by atomic mass is 19.1. The lowest BCUT2D eigenvalue weighted by molar-refractivity contribution is -0.139. The van der Waals surface area contributed by atoms with Crippen LogP contribution in [0.4, 0.5) is 8.78 Å². The molecule has 1 aromatic rings. The molecular formula is C12H12F2O3. The molecule has 0 atom stereocenters. The van der Waals surface area contributed by atoms with Crippen molar-refractivity contribution in [3.63, 3.8) is 0 Å². The molecule has 0 amide bonds. The highest BCUT2D eigenvalue weighted by Gasteiger charge is 2.10. The second-order valence-electron chi connectivity index (χ2n) is 3.20. The summed E-state index contributed by atoms with van der Waals surface area (Å²) in [6.45, 7) is 0. The van der Waals surface area contributed by atoms with Gasteiger partial charge >= 0.3 is 5.97 Å². The fourth-order valence-corrected chi connectivity index (χ4v) is 1.25. The average Bonchev–Trinajstić information content (AvgIpc) is 2.28. The van der Waals surface area contributed by atoms with Crippen LogP contribution in [0.5, 0.6) is 5.75 Å². The van der Waals surface area contributed by atoms with Gasteiger partial charge in [-0.15, -0.1) is 0 Å². The van der Waals surface area contributed by atoms with Crippen LogP contribution < -0.4 is 4.74 Å². The second kappa shape index (κ2) is 5.98. The first-order chi connectivity index (χ1) is 8.08. The van der Waals surface area contributed by atoms with Crippen LogP contribution in [0.3, 0.4) is 0 Å². The highest BCUT2D eigenvalue weighted by molar-refractivity contribution is 5.72. The molecule has 0 saturated carbocycles. The Kier molecular flexibility index (Phi) is 4.63. The summed E-state index contributed by atoms with van der Waals surface area (Å²) in [6.07, 6.45) is 2.95. The van der Waals surface area contributed by atoms with E-state index in [1.54, 1.807) is 0 Å². The molecular weight excluding hydrogens is 230 g/mol. The van der Waals surface area contributed by atoms with Crippen LogP contribution >= 0.6 is 0 Å². The Hall–Kier alpha value is -1.91. The van der Waals surface area contributed by atoms with Gasteiger partial charge in [0.25, 0.3) is 0 Å². The van der Waals surface area contributed by atoms with Gasteiger partial charge in [-0.25, -0.2) is 8.78 Å². The molecule has 0 bridgehead atoms. The van der Waals surface area contributed by atoms with Gasteiger partial charge in [0.2, 0.25) is 0 Å². The minimum Gasteiger partial charge on any atom is -0.491 e. The Morgan fingerprint density at radius 1 is 1.29 bits per heavy atom. The molecule has 17 heavy (non-hydrogen) atoms. The Morgan fingerprint density at radius 3 is 2.35 bits per heavy atom. The van der Waals surface area contributed by atoms with Gasteiger partial charge in [0.15, 0.2) is 17.4 Å². The van der Waals surface area contributed by atoms with Crippen molar-refractivity contribution in [2.24, 2.45) is 0 Å². The van der Waals surface area contributed by atoms with E-state index in [1.165, 1.54) is 26.4 Å². The third-order valence-corrected chi connectivity index (χ3v) is 2.05. The SMILES string of the molecule is COC(=O)CC=Cc1cc(F)c(OC)c(F)c1. The smallest absolute Gasteiger partial charge is 0.309 e. The molecule has 1 rings (SSSR count). The van der Waals surface area contributed by atoms with Crippen molar-refractivity contribution in [2.75, 3.05) is 14.2 Å². The van der Waals surface area contributed by atoms with Crippen molar-refractivity contribution in [1.82, 2.24) is 0 Å². The molecule has 0 N–H and O–H groups in total. The van der Waals surface area contributed by atoms with Crippen LogP contribution in [0.25, 0.3) is 6.08 Å². The number of carbonyl (C=O) groups is 1. The number of hydrogen-bond acceptors (Lipinski definition) is 3. The van der Waals surface area contributed by atoms with Crippen molar-refractivity contribution >= 4 is 12.0 Å². The fraction of sp³-hybridized carbons (Fsp3) is 0.250. The van der Waals surface area contributed by atoms with E-state index in [0.717, 1.165) is 12.1 Å². The monoisotopic (exact) mass is 242 g/mol. The summed E-state index contributed by atoms with van der Waals surface area (Å²) in [5, 5.41) is 0. The first-order valence-corrected chi connectivity index (χ1v) is 4.85. The molecule has 3 nitrogen and oxygen atoms in total. The van der Waals surface area contributed by atoms with Gasteiger partial charge < -0.3 is 9.47 Å². The van der Waals surface area contributed by atoms with E-state index in [1.807, 2.05) is 0 Å². The van der Waals surface area contributed by atoms with Crippen LogP contribution in [0.2, 0.25) is 0 Å². The van der Waals surface area contributed by atoms with Crippen molar-refractivity contribution in [1.29, 1.82) is 0 Å². The predicted octanol–water partition coefficient (Wildman–Crippen LogP) is 2.55. The summed E-state index contributed by atoms with van der Waals surface area (Å²) in [4.78, 5) is 10.8. The summed E-state index contributed by atoms with van der Waals surface area (Å²) in [7, 11) is 2.46. The molecule has 0 aliphatic rings. The van der Waals surface area contributed by atoms with Crippen molar-refractivity contribution in [3.8, 4) is 5.75 Å². The Balaban J connectivity index is 2.83. The highest BCUT2D eigenvalue weighted by Crippen LogP contribution is 2.23. The molecule has 0 spiro atoms. The van der Waals surface area contributed by atoms with Crippen molar-refractivity contribution in [2.45, 2.75) is 6.42 Å². The van der Waals surface area contributed by atoms with Gasteiger partial charge in [-0.3, -0.25) is 4.79 Å². The number of hydrogen-bond donors (Lipinski definition) is 0. The Morgan fingerprint density at radius 2 is 1.88 bits per heavy atom. The number of carbonyl (C=O) groups excluding carboxylic acids is 1. The van der Waals surface area contributed by atoms with Gasteiger partial charge in [-0.1, -0.05) is 12.2 Å². The molecule has 0 unspecified atom stereocenters. The quantitative estimate of drug-likeness (QED) is 0.761. The van der Waals surface area contributed by atoms with Crippen molar-refractivity contribution < 1.29 is 23.0 Å². The lowest BCUT2D eigenvalue weighted by Gasteiger charge is -2.04. The second-order valence-corrected chi connectivity index (χ2v) is 3.20. The van der Waals surface area contributed by atoms with Gasteiger partial charge in [0.05, 0.1) is 20.6 Å². The molecule has 0 radical (unpaired) electrons. The standard InChI is InChI=1S/C12H12F2O3/c1-16-11(15)5-3-4-8-6-9(13)12(17-2)10(14)7-8/h3-4,6-7H,5H2,1-2H3. The van der Waals surface area contributed by atoms with E-state index in [9.17, 15) is 13.6 Å². The van der Waals surface area contributed by atoms with Gasteiger partial charge in [0.1, 0.15) is 0 Å². The van der Waals surface area contributed by atoms with E-state index >= 15 is 0 Å². The lowest BCUT2D eigenvalue weighted by atomic mass is 10.1. The first kappa shape index (κ1) is 13.2. The molecule has 0 aliphatic carbocycles. The predicted molar refractivity (Wildman–Crippen MR) is 58.6 cm³/mol. The average molecular weight is 242 g/mol. The number of benzene rings is 1. The van der Waals surface area contributed by atoms with E-state index < -0.39 is 23.4 Å². The first-order valence-electron chi connectivity index (χ1n) is 4.85. The van der Waals surface area contributed by atoms with E-state index in [4.69, 9.17) is 0 Å². The summed E-state index contributed by atoms with van der Waals surface area (Å²) in [5.74, 6) is -2.42. The maximum absolute atomic E-state index is 13.3. The maximum Gasteiger partial charge on any atom is 0.309 e. The largest absolute Gasteiger partial charge is 0.491 e. The Labute approximate surface area is 97.7 Å². The molecule has 0 heterocycles. The molecule has 5 heteroatoms. The zero-order valence-corrected chi connectivity index (χ0v) is 9.50. The molecule has 1 aromatic carbocycles. The number of halogens is 2. The van der Waals surface area contributed by atoms with E-state index in [-0.39, 0.29) is 6.42 Å². The maximum atomic E-state index is 13.3. The summed E-state index contributed by atoms with van der Waals surface area (Å²) >= 11 is 0. The van der Waals surface area contributed by atoms with Crippen LogP contribution in [-0.2, 0) is 9.53 Å². The molecule has 0 aliphatic heterocycles. The summed E-state index contributed by atoms with van der Waals surface area (Å²) < 4.78 is 35.5.